The molecule has 0 aromatic heterocycles. The van der Waals surface area contributed by atoms with Crippen LogP contribution >= 0.6 is 0 Å². The predicted molar refractivity (Wildman–Crippen MR) is 93.0 cm³/mol. The molecular formula is C17H35NO6. The van der Waals surface area contributed by atoms with E-state index in [4.69, 9.17) is 15.3 Å². The highest BCUT2D eigenvalue weighted by atomic mass is 16.4. The summed E-state index contributed by atoms with van der Waals surface area (Å²) in [4.78, 5) is 19.8. The van der Waals surface area contributed by atoms with Gasteiger partial charge in [0.15, 0.2) is 0 Å². The lowest BCUT2D eigenvalue weighted by molar-refractivity contribution is -0.139. The zero-order chi connectivity index (χ0) is 19.4. The molecule has 1 saturated heterocycles. The van der Waals surface area contributed by atoms with Crippen molar-refractivity contribution in [2.45, 2.75) is 90.3 Å². The van der Waals surface area contributed by atoms with Crippen molar-refractivity contribution < 1.29 is 30.0 Å². The van der Waals surface area contributed by atoms with Crippen molar-refractivity contribution in [2.24, 2.45) is 0 Å². The fourth-order valence-electron chi connectivity index (χ4n) is 2.82. The Bertz CT molecular complexity index is 336. The first kappa shape index (κ1) is 25.1. The van der Waals surface area contributed by atoms with Crippen molar-refractivity contribution in [3.05, 3.63) is 0 Å². The van der Waals surface area contributed by atoms with Gasteiger partial charge in [-0.15, -0.1) is 0 Å². The first-order valence-electron chi connectivity index (χ1n) is 8.37. The Labute approximate surface area is 145 Å². The lowest BCUT2D eigenvalue weighted by Crippen LogP contribution is -2.59. The summed E-state index contributed by atoms with van der Waals surface area (Å²) in [6, 6.07) is 0. The summed E-state index contributed by atoms with van der Waals surface area (Å²) in [7, 11) is 0. The molecule has 24 heavy (non-hydrogen) atoms. The molecule has 7 nitrogen and oxygen atoms in total. The molecule has 1 aliphatic rings. The van der Waals surface area contributed by atoms with E-state index in [9.17, 15) is 14.7 Å². The van der Waals surface area contributed by atoms with Gasteiger partial charge in [-0.25, -0.2) is 0 Å². The van der Waals surface area contributed by atoms with Crippen molar-refractivity contribution in [1.82, 2.24) is 5.32 Å². The topological polar surface area (TPSA) is 127 Å². The molecule has 5 N–H and O–H groups in total. The molecule has 1 heterocycles. The van der Waals surface area contributed by atoms with Crippen LogP contribution in [0.15, 0.2) is 0 Å². The van der Waals surface area contributed by atoms with E-state index in [0.29, 0.717) is 12.8 Å². The molecule has 0 aromatic carbocycles. The normalized spacial score (nSPS) is 18.5. The molecule has 7 heteroatoms. The Hall–Kier alpha value is -1.18. The number of nitrogens with one attached hydrogen (secondary N) is 1. The van der Waals surface area contributed by atoms with Gasteiger partial charge in [0, 0.05) is 30.5 Å². The average Bonchev–Trinajstić information content (AvgIpc) is 2.31. The van der Waals surface area contributed by atoms with E-state index in [-0.39, 0.29) is 36.6 Å². The maximum absolute atomic E-state index is 9.90. The summed E-state index contributed by atoms with van der Waals surface area (Å²) in [5, 5.41) is 36.9. The summed E-state index contributed by atoms with van der Waals surface area (Å²) in [5.74, 6) is -1.74. The third-order valence-corrected chi connectivity index (χ3v) is 3.20. The molecule has 0 bridgehead atoms. The smallest absolute Gasteiger partial charge is 0.303 e. The van der Waals surface area contributed by atoms with Crippen LogP contribution in [0.25, 0.3) is 0 Å². The van der Waals surface area contributed by atoms with E-state index in [1.54, 1.807) is 6.92 Å². The summed E-state index contributed by atoms with van der Waals surface area (Å²) < 4.78 is 0. The molecule has 0 unspecified atom stereocenters. The maximum atomic E-state index is 9.90. The van der Waals surface area contributed by atoms with Crippen molar-refractivity contribution in [3.63, 3.8) is 0 Å². The lowest BCUT2D eigenvalue weighted by Gasteiger charge is -2.44. The van der Waals surface area contributed by atoms with Gasteiger partial charge in [0.2, 0.25) is 0 Å². The zero-order valence-corrected chi connectivity index (χ0v) is 15.6. The third kappa shape index (κ3) is 17.2. The number of aliphatic hydroxyl groups excluding tert-OH is 2. The minimum absolute atomic E-state index is 0.0628. The van der Waals surface area contributed by atoms with Crippen molar-refractivity contribution in [1.29, 1.82) is 0 Å². The van der Waals surface area contributed by atoms with Gasteiger partial charge in [-0.2, -0.15) is 0 Å². The second-order valence-electron chi connectivity index (χ2n) is 7.27. The molecule has 0 spiro atoms. The number of carbonyl (C=O) groups is 2. The van der Waals surface area contributed by atoms with Gasteiger partial charge in [0.05, 0.1) is 6.10 Å². The molecule has 0 aliphatic carbocycles. The quantitative estimate of drug-likeness (QED) is 0.480. The SMILES string of the molecule is CC1(C)CC(O)CC(C)(C)N1.CCO.O=C(O)CCCCC(=O)O. The van der Waals surface area contributed by atoms with Crippen LogP contribution in [0, 0.1) is 0 Å². The van der Waals surface area contributed by atoms with E-state index in [1.165, 1.54) is 0 Å². The van der Waals surface area contributed by atoms with Gasteiger partial charge in [-0.3, -0.25) is 9.59 Å². The van der Waals surface area contributed by atoms with Crippen LogP contribution < -0.4 is 5.32 Å². The summed E-state index contributed by atoms with van der Waals surface area (Å²) in [6.45, 7) is 10.5. The highest BCUT2D eigenvalue weighted by Crippen LogP contribution is 2.27. The van der Waals surface area contributed by atoms with Crippen molar-refractivity contribution in [3.8, 4) is 0 Å². The predicted octanol–water partition coefficient (Wildman–Crippen LogP) is 2.00. The van der Waals surface area contributed by atoms with Crippen LogP contribution in [0.5, 0.6) is 0 Å². The Morgan fingerprint density at radius 1 is 0.958 bits per heavy atom. The largest absolute Gasteiger partial charge is 0.481 e. The summed E-state index contributed by atoms with van der Waals surface area (Å²) >= 11 is 0. The number of carboxylic acids is 2. The zero-order valence-electron chi connectivity index (χ0n) is 15.6. The maximum Gasteiger partial charge on any atom is 0.303 e. The minimum atomic E-state index is -0.870. The molecular weight excluding hydrogens is 314 g/mol. The van der Waals surface area contributed by atoms with Crippen molar-refractivity contribution in [2.75, 3.05) is 6.61 Å². The van der Waals surface area contributed by atoms with Gasteiger partial charge in [0.1, 0.15) is 0 Å². The minimum Gasteiger partial charge on any atom is -0.481 e. The Morgan fingerprint density at radius 3 is 1.46 bits per heavy atom. The van der Waals surface area contributed by atoms with E-state index in [0.717, 1.165) is 12.8 Å². The Balaban J connectivity index is 0. The fraction of sp³-hybridized carbons (Fsp3) is 0.882. The second kappa shape index (κ2) is 12.2. The van der Waals surface area contributed by atoms with Gasteiger partial charge in [-0.1, -0.05) is 0 Å². The molecule has 0 atom stereocenters. The molecule has 144 valence electrons. The van der Waals surface area contributed by atoms with Crippen molar-refractivity contribution >= 4 is 11.9 Å². The molecule has 1 fully saturated rings. The molecule has 0 amide bonds. The molecule has 1 rings (SSSR count). The summed E-state index contributed by atoms with van der Waals surface area (Å²) in [5.41, 5.74) is 0.169. The van der Waals surface area contributed by atoms with Crippen LogP contribution in [0.4, 0.5) is 0 Å². The molecule has 0 aromatic rings. The van der Waals surface area contributed by atoms with Gasteiger partial charge < -0.3 is 25.7 Å². The first-order chi connectivity index (χ1) is 10.8. The molecule has 0 saturated carbocycles. The van der Waals surface area contributed by atoms with E-state index in [2.05, 4.69) is 33.0 Å². The highest BCUT2D eigenvalue weighted by Gasteiger charge is 2.36. The number of piperidine rings is 1. The lowest BCUT2D eigenvalue weighted by atomic mass is 9.81. The Morgan fingerprint density at radius 2 is 1.25 bits per heavy atom. The number of hydrogen-bond acceptors (Lipinski definition) is 5. The van der Waals surface area contributed by atoms with Gasteiger partial charge >= 0.3 is 11.9 Å². The van der Waals surface area contributed by atoms with Crippen LogP contribution in [0.1, 0.15) is 73.1 Å². The van der Waals surface area contributed by atoms with E-state index >= 15 is 0 Å². The second-order valence-corrected chi connectivity index (χ2v) is 7.27. The number of carboxylic acid groups (broad SMARTS) is 2. The molecule has 0 radical (unpaired) electrons. The number of aliphatic hydroxyl groups is 2. The van der Waals surface area contributed by atoms with E-state index < -0.39 is 11.9 Å². The van der Waals surface area contributed by atoms with E-state index in [1.807, 2.05) is 0 Å². The Kier molecular flexibility index (Phi) is 12.8. The first-order valence-corrected chi connectivity index (χ1v) is 8.37. The standard InChI is InChI=1S/C9H19NO.C6H10O4.C2H6O/c1-8(2)5-7(11)6-9(3,4)10-8;7-5(8)3-1-2-4-6(9)10;1-2-3/h7,10-11H,5-6H2,1-4H3;1-4H2,(H,7,8)(H,9,10);3H,2H2,1H3. The highest BCUT2D eigenvalue weighted by molar-refractivity contribution is 5.67. The number of aliphatic carboxylic acids is 2. The monoisotopic (exact) mass is 349 g/mol. The average molecular weight is 349 g/mol. The van der Waals surface area contributed by atoms with Crippen LogP contribution in [-0.4, -0.2) is 56.2 Å². The fourth-order valence-corrected chi connectivity index (χ4v) is 2.82. The third-order valence-electron chi connectivity index (χ3n) is 3.20. The van der Waals surface area contributed by atoms with Crippen LogP contribution in [0.3, 0.4) is 0 Å². The number of unbranched alkanes of at least 4 members (excludes halogenated alkanes) is 1. The van der Waals surface area contributed by atoms with Gasteiger partial charge in [-0.05, 0) is 60.3 Å². The molecule has 1 aliphatic heterocycles. The number of rotatable bonds is 5. The van der Waals surface area contributed by atoms with Gasteiger partial charge in [0.25, 0.3) is 0 Å². The van der Waals surface area contributed by atoms with Crippen LogP contribution in [-0.2, 0) is 9.59 Å². The number of hydrogen-bond donors (Lipinski definition) is 5. The van der Waals surface area contributed by atoms with Crippen LogP contribution in [0.2, 0.25) is 0 Å². The summed E-state index contributed by atoms with van der Waals surface area (Å²) in [6.07, 6.45) is 2.60.